The molecule has 0 saturated carbocycles. The highest BCUT2D eigenvalue weighted by molar-refractivity contribution is 7.26. The molecule has 0 aliphatic rings. The van der Waals surface area contributed by atoms with Crippen LogP contribution in [0.2, 0.25) is 0 Å². The predicted octanol–water partition coefficient (Wildman–Crippen LogP) is 14.6. The number of thiophene rings is 1. The van der Waals surface area contributed by atoms with Crippen molar-refractivity contribution in [1.29, 1.82) is 0 Å². The summed E-state index contributed by atoms with van der Waals surface area (Å²) in [6, 6.07) is 68.7. The summed E-state index contributed by atoms with van der Waals surface area (Å²) in [7, 11) is 0. The molecule has 0 saturated heterocycles. The van der Waals surface area contributed by atoms with Gasteiger partial charge < -0.3 is 4.42 Å². The molecule has 0 atom stereocenters. The molecule has 0 amide bonds. The first-order valence-electron chi connectivity index (χ1n) is 20.5. The lowest BCUT2D eigenvalue weighted by atomic mass is 9.99. The quantitative estimate of drug-likeness (QED) is 0.160. The van der Waals surface area contributed by atoms with Crippen molar-refractivity contribution < 1.29 is 4.42 Å². The number of aromatic nitrogens is 5. The zero-order valence-corrected chi connectivity index (χ0v) is 33.9. The van der Waals surface area contributed by atoms with E-state index in [1.54, 1.807) is 11.3 Å². The van der Waals surface area contributed by atoms with Gasteiger partial charge in [0.2, 0.25) is 0 Å². The van der Waals surface area contributed by atoms with Crippen molar-refractivity contribution in [2.45, 2.75) is 0 Å². The molecular weight excluding hydrogens is 779 g/mol. The molecule has 0 aliphatic carbocycles. The normalized spacial score (nSPS) is 11.5. The van der Waals surface area contributed by atoms with Crippen LogP contribution in [0.15, 0.2) is 205 Å². The maximum Gasteiger partial charge on any atom is 0.164 e. The van der Waals surface area contributed by atoms with Gasteiger partial charge in [0.05, 0.1) is 15.9 Å². The number of hydrogen-bond acceptors (Lipinski definition) is 7. The lowest BCUT2D eigenvalue weighted by Crippen LogP contribution is -2.00. The summed E-state index contributed by atoms with van der Waals surface area (Å²) in [6.45, 7) is 0. The molecule has 0 aliphatic heterocycles. The predicted molar refractivity (Wildman–Crippen MR) is 254 cm³/mol. The molecule has 8 aromatic carbocycles. The molecule has 6 nitrogen and oxygen atoms in total. The van der Waals surface area contributed by atoms with E-state index >= 15 is 0 Å². The van der Waals surface area contributed by atoms with Crippen molar-refractivity contribution in [2.24, 2.45) is 0 Å². The topological polar surface area (TPSA) is 77.6 Å². The highest BCUT2D eigenvalue weighted by atomic mass is 32.1. The Balaban J connectivity index is 0.935. The van der Waals surface area contributed by atoms with E-state index in [4.69, 9.17) is 29.3 Å². The Kier molecular flexibility index (Phi) is 8.57. The highest BCUT2D eigenvalue weighted by Gasteiger charge is 2.20. The van der Waals surface area contributed by atoms with Gasteiger partial charge in [-0.05, 0) is 52.6 Å². The Morgan fingerprint density at radius 1 is 0.339 bits per heavy atom. The van der Waals surface area contributed by atoms with E-state index < -0.39 is 0 Å². The Morgan fingerprint density at radius 3 is 1.63 bits per heavy atom. The van der Waals surface area contributed by atoms with E-state index in [2.05, 4.69) is 121 Å². The molecule has 62 heavy (non-hydrogen) atoms. The monoisotopic (exact) mass is 811 g/mol. The maximum absolute atomic E-state index is 6.58. The van der Waals surface area contributed by atoms with Crippen LogP contribution in [-0.4, -0.2) is 24.9 Å². The number of fused-ring (bicyclic) bond motifs is 6. The Bertz CT molecular complexity index is 3560. The van der Waals surface area contributed by atoms with Crippen molar-refractivity contribution >= 4 is 53.6 Å². The summed E-state index contributed by atoms with van der Waals surface area (Å²) in [4.78, 5) is 25.5. The molecule has 0 fully saturated rings. The largest absolute Gasteiger partial charge is 0.456 e. The molecule has 290 valence electrons. The molecular formula is C55H33N5OS. The minimum absolute atomic E-state index is 0.593. The zero-order valence-electron chi connectivity index (χ0n) is 33.1. The number of rotatable bonds is 7. The van der Waals surface area contributed by atoms with Crippen molar-refractivity contribution in [1.82, 2.24) is 24.9 Å². The zero-order chi connectivity index (χ0) is 41.0. The van der Waals surface area contributed by atoms with Crippen molar-refractivity contribution in [3.8, 4) is 79.1 Å². The lowest BCUT2D eigenvalue weighted by molar-refractivity contribution is 0.669. The van der Waals surface area contributed by atoms with Gasteiger partial charge in [-0.25, -0.2) is 24.9 Å². The highest BCUT2D eigenvalue weighted by Crippen LogP contribution is 2.42. The van der Waals surface area contributed by atoms with E-state index in [0.717, 1.165) is 93.3 Å². The van der Waals surface area contributed by atoms with Crippen LogP contribution >= 0.6 is 11.3 Å². The Morgan fingerprint density at radius 2 is 0.887 bits per heavy atom. The second-order valence-corrected chi connectivity index (χ2v) is 16.3. The van der Waals surface area contributed by atoms with Gasteiger partial charge in [-0.15, -0.1) is 11.3 Å². The van der Waals surface area contributed by atoms with Gasteiger partial charge in [0.25, 0.3) is 0 Å². The summed E-state index contributed by atoms with van der Waals surface area (Å²) < 4.78 is 8.85. The lowest BCUT2D eigenvalue weighted by Gasteiger charge is -2.10. The van der Waals surface area contributed by atoms with Gasteiger partial charge in [-0.1, -0.05) is 170 Å². The first-order valence-corrected chi connectivity index (χ1v) is 21.3. The second-order valence-electron chi connectivity index (χ2n) is 15.2. The van der Waals surface area contributed by atoms with Gasteiger partial charge >= 0.3 is 0 Å². The third-order valence-electron chi connectivity index (χ3n) is 11.4. The summed E-state index contributed by atoms with van der Waals surface area (Å²) in [5, 5.41) is 3.10. The van der Waals surface area contributed by atoms with E-state index in [1.165, 1.54) is 4.70 Å². The van der Waals surface area contributed by atoms with Crippen LogP contribution < -0.4 is 0 Å². The minimum Gasteiger partial charge on any atom is -0.456 e. The molecule has 0 unspecified atom stereocenters. The van der Waals surface area contributed by atoms with E-state index in [-0.39, 0.29) is 0 Å². The Hall–Kier alpha value is -8.13. The number of hydrogen-bond donors (Lipinski definition) is 0. The fourth-order valence-corrected chi connectivity index (χ4v) is 9.48. The van der Waals surface area contributed by atoms with Crippen LogP contribution in [0.3, 0.4) is 0 Å². The second kappa shape index (κ2) is 14.9. The minimum atomic E-state index is 0.593. The fraction of sp³-hybridized carbons (Fsp3) is 0. The maximum atomic E-state index is 6.58. The molecule has 4 heterocycles. The van der Waals surface area contributed by atoms with E-state index in [0.29, 0.717) is 23.3 Å². The van der Waals surface area contributed by atoms with Crippen molar-refractivity contribution in [3.63, 3.8) is 0 Å². The van der Waals surface area contributed by atoms with Gasteiger partial charge in [-0.3, -0.25) is 0 Å². The molecule has 4 aromatic heterocycles. The molecule has 7 heteroatoms. The smallest absolute Gasteiger partial charge is 0.164 e. The standard InChI is InChI=1S/C55H33N5OS/c1-4-14-34(15-5-1)39-20-12-21-41(32-39)54-56-49(51-50(57-54)43-22-10-11-25-47(43)62-51)36-28-26-35(27-29-36)40-30-31-42-46(33-40)61-45-24-13-23-44(48(42)45)55-59-52(37-16-6-2-7-17-37)58-53(60-55)38-18-8-3-9-19-38/h1-33H. The first kappa shape index (κ1) is 35.8. The average Bonchev–Trinajstić information content (AvgIpc) is 3.93. The molecule has 0 bridgehead atoms. The molecule has 12 aromatic rings. The molecule has 12 rings (SSSR count). The van der Waals surface area contributed by atoms with Crippen LogP contribution in [0, 0.1) is 0 Å². The van der Waals surface area contributed by atoms with Gasteiger partial charge in [0.1, 0.15) is 11.2 Å². The number of furan rings is 1. The van der Waals surface area contributed by atoms with Crippen molar-refractivity contribution in [2.75, 3.05) is 0 Å². The average molecular weight is 812 g/mol. The molecule has 0 radical (unpaired) electrons. The number of nitrogens with zero attached hydrogens (tertiary/aromatic N) is 5. The fourth-order valence-electron chi connectivity index (χ4n) is 8.33. The molecule has 0 N–H and O–H groups in total. The van der Waals surface area contributed by atoms with Gasteiger partial charge in [0.15, 0.2) is 23.3 Å². The van der Waals surface area contributed by atoms with Gasteiger partial charge in [0, 0.05) is 48.7 Å². The van der Waals surface area contributed by atoms with Crippen LogP contribution in [0.25, 0.3) is 121 Å². The van der Waals surface area contributed by atoms with Crippen LogP contribution in [0.1, 0.15) is 0 Å². The SMILES string of the molecule is c1ccc(-c2cccc(-c3nc(-c4ccc(-c5ccc6c(c5)oc5cccc(-c7nc(-c8ccccc8)nc(-c8ccccc8)n7)c56)cc4)c4sc5ccccc5c4n3)c2)cc1. The Labute approximate surface area is 360 Å². The first-order chi connectivity index (χ1) is 30.7. The third kappa shape index (κ3) is 6.31. The van der Waals surface area contributed by atoms with E-state index in [1.807, 2.05) is 78.9 Å². The summed E-state index contributed by atoms with van der Waals surface area (Å²) in [5.41, 5.74) is 12.6. The van der Waals surface area contributed by atoms with Crippen LogP contribution in [-0.2, 0) is 0 Å². The molecule has 0 spiro atoms. The summed E-state index contributed by atoms with van der Waals surface area (Å²) in [5.74, 6) is 2.54. The van der Waals surface area contributed by atoms with Crippen molar-refractivity contribution in [3.05, 3.63) is 200 Å². The third-order valence-corrected chi connectivity index (χ3v) is 12.5. The summed E-state index contributed by atoms with van der Waals surface area (Å²) >= 11 is 1.74. The summed E-state index contributed by atoms with van der Waals surface area (Å²) in [6.07, 6.45) is 0. The van der Waals surface area contributed by atoms with Gasteiger partial charge in [-0.2, -0.15) is 0 Å². The van der Waals surface area contributed by atoms with E-state index in [9.17, 15) is 0 Å². The van der Waals surface area contributed by atoms with Crippen LogP contribution in [0.5, 0.6) is 0 Å². The number of benzene rings is 8. The van der Waals surface area contributed by atoms with Crippen LogP contribution in [0.4, 0.5) is 0 Å².